The third kappa shape index (κ3) is 5.30. The SMILES string of the molecule is CNC(=O)c1cc2c(Oc3ncc(CC(=O)C4(C(=O)N(C)c5ccc(F)cc5)CC4)cc3F)ccnc2cc1OC. The van der Waals surface area contributed by atoms with Gasteiger partial charge in [-0.2, -0.15) is 0 Å². The molecule has 2 aromatic heterocycles. The minimum atomic E-state index is -1.20. The lowest BCUT2D eigenvalue weighted by Gasteiger charge is -2.23. The third-order valence-corrected chi connectivity index (χ3v) is 7.14. The fourth-order valence-electron chi connectivity index (χ4n) is 4.65. The summed E-state index contributed by atoms with van der Waals surface area (Å²) in [5.74, 6) is -2.16. The molecule has 9 nitrogen and oxygen atoms in total. The first-order chi connectivity index (χ1) is 19.7. The molecule has 4 aromatic rings. The zero-order valence-electron chi connectivity index (χ0n) is 22.5. The van der Waals surface area contributed by atoms with Crippen molar-refractivity contribution in [3.63, 3.8) is 0 Å². The molecule has 0 unspecified atom stereocenters. The van der Waals surface area contributed by atoms with Crippen LogP contribution < -0.4 is 19.7 Å². The first kappa shape index (κ1) is 27.6. The van der Waals surface area contributed by atoms with Crippen molar-refractivity contribution in [1.29, 1.82) is 0 Å². The Bertz CT molecular complexity index is 1670. The Morgan fingerprint density at radius 2 is 1.76 bits per heavy atom. The van der Waals surface area contributed by atoms with E-state index in [1.807, 2.05) is 0 Å². The van der Waals surface area contributed by atoms with Gasteiger partial charge in [-0.05, 0) is 60.9 Å². The summed E-state index contributed by atoms with van der Waals surface area (Å²) >= 11 is 0. The molecule has 1 aliphatic rings. The number of benzene rings is 2. The van der Waals surface area contributed by atoms with Gasteiger partial charge in [0.05, 0.1) is 18.2 Å². The molecule has 0 radical (unpaired) electrons. The number of rotatable bonds is 9. The second kappa shape index (κ2) is 10.9. The quantitative estimate of drug-likeness (QED) is 0.297. The zero-order valence-corrected chi connectivity index (χ0v) is 22.5. The molecule has 5 rings (SSSR count). The summed E-state index contributed by atoms with van der Waals surface area (Å²) in [6, 6.07) is 11.2. The number of hydrogen-bond donors (Lipinski definition) is 1. The zero-order chi connectivity index (χ0) is 29.3. The standard InChI is InChI=1S/C30H26F2N4O5/c1-33-27(38)21-14-20-23(15-25(21)40-3)34-11-8-24(20)41-28-22(32)12-17(16-35-28)13-26(37)30(9-10-30)29(39)36(2)19-6-4-18(31)5-7-19/h4-8,11-12,14-16H,9-10,13H2,1-3H3,(H,33,38). The lowest BCUT2D eigenvalue weighted by molar-refractivity contribution is -0.133. The first-order valence-corrected chi connectivity index (χ1v) is 12.7. The number of ketones is 1. The van der Waals surface area contributed by atoms with Gasteiger partial charge in [-0.1, -0.05) is 0 Å². The maximum atomic E-state index is 15.1. The number of carbonyl (C=O) groups excluding carboxylic acids is 3. The van der Waals surface area contributed by atoms with E-state index in [9.17, 15) is 18.8 Å². The van der Waals surface area contributed by atoms with Gasteiger partial charge in [0.1, 0.15) is 22.7 Å². The molecule has 41 heavy (non-hydrogen) atoms. The van der Waals surface area contributed by atoms with Crippen molar-refractivity contribution in [2.45, 2.75) is 19.3 Å². The molecule has 2 amide bonds. The molecule has 0 atom stereocenters. The Morgan fingerprint density at radius 3 is 2.39 bits per heavy atom. The predicted molar refractivity (Wildman–Crippen MR) is 146 cm³/mol. The van der Waals surface area contributed by atoms with Crippen LogP contribution in [0.15, 0.2) is 60.9 Å². The summed E-state index contributed by atoms with van der Waals surface area (Å²) in [6.07, 6.45) is 3.36. The molecule has 1 saturated carbocycles. The monoisotopic (exact) mass is 560 g/mol. The van der Waals surface area contributed by atoms with E-state index in [-0.39, 0.29) is 46.8 Å². The maximum Gasteiger partial charge on any atom is 0.255 e. The third-order valence-electron chi connectivity index (χ3n) is 7.14. The number of carbonyl (C=O) groups is 3. The molecule has 0 bridgehead atoms. The number of Topliss-reactive ketones (excluding diaryl/α,β-unsaturated/α-hetero) is 1. The van der Waals surface area contributed by atoms with Gasteiger partial charge >= 0.3 is 0 Å². The van der Waals surface area contributed by atoms with E-state index in [0.717, 1.165) is 6.07 Å². The second-order valence-corrected chi connectivity index (χ2v) is 9.71. The van der Waals surface area contributed by atoms with Gasteiger partial charge in [0, 0.05) is 50.0 Å². The number of methoxy groups -OCH3 is 1. The number of aromatic nitrogens is 2. The molecule has 0 spiro atoms. The van der Waals surface area contributed by atoms with Crippen molar-refractivity contribution < 1.29 is 32.6 Å². The average molecular weight is 561 g/mol. The van der Waals surface area contributed by atoms with E-state index in [1.54, 1.807) is 6.07 Å². The fourth-order valence-corrected chi connectivity index (χ4v) is 4.65. The van der Waals surface area contributed by atoms with Crippen molar-refractivity contribution in [3.05, 3.63) is 83.7 Å². The van der Waals surface area contributed by atoms with Gasteiger partial charge in [-0.25, -0.2) is 13.8 Å². The van der Waals surface area contributed by atoms with E-state index in [2.05, 4.69) is 15.3 Å². The fraction of sp³-hybridized carbons (Fsp3) is 0.233. The molecular weight excluding hydrogens is 534 g/mol. The number of nitrogens with zero attached hydrogens (tertiary/aromatic N) is 3. The molecule has 1 aliphatic carbocycles. The van der Waals surface area contributed by atoms with Crippen molar-refractivity contribution >= 4 is 34.2 Å². The summed E-state index contributed by atoms with van der Waals surface area (Å²) < 4.78 is 39.5. The largest absolute Gasteiger partial charge is 0.496 e. The molecule has 2 aromatic carbocycles. The lowest BCUT2D eigenvalue weighted by Crippen LogP contribution is -2.39. The highest BCUT2D eigenvalue weighted by Crippen LogP contribution is 2.49. The average Bonchev–Trinajstić information content (AvgIpc) is 3.79. The number of pyridine rings is 2. The molecule has 11 heteroatoms. The van der Waals surface area contributed by atoms with Gasteiger partial charge in [-0.15, -0.1) is 0 Å². The summed E-state index contributed by atoms with van der Waals surface area (Å²) in [5, 5.41) is 2.98. The predicted octanol–water partition coefficient (Wildman–Crippen LogP) is 4.62. The van der Waals surface area contributed by atoms with E-state index in [1.165, 1.54) is 74.9 Å². The Kier molecular flexibility index (Phi) is 7.36. The molecule has 1 N–H and O–H groups in total. The second-order valence-electron chi connectivity index (χ2n) is 9.71. The number of halogens is 2. The van der Waals surface area contributed by atoms with Crippen molar-refractivity contribution in [2.24, 2.45) is 5.41 Å². The van der Waals surface area contributed by atoms with Crippen molar-refractivity contribution in [1.82, 2.24) is 15.3 Å². The number of anilines is 1. The summed E-state index contributed by atoms with van der Waals surface area (Å²) in [7, 11) is 4.46. The minimum Gasteiger partial charge on any atom is -0.496 e. The summed E-state index contributed by atoms with van der Waals surface area (Å²) in [5.41, 5.74) is 0.258. The van der Waals surface area contributed by atoms with Crippen LogP contribution in [0.3, 0.4) is 0 Å². The Labute approximate surface area is 234 Å². The van der Waals surface area contributed by atoms with Crippen LogP contribution in [0.25, 0.3) is 10.9 Å². The van der Waals surface area contributed by atoms with E-state index >= 15 is 4.39 Å². The molecule has 0 saturated heterocycles. The van der Waals surface area contributed by atoms with Crippen LogP contribution in [0.5, 0.6) is 17.4 Å². The van der Waals surface area contributed by atoms with Crippen LogP contribution in [0.2, 0.25) is 0 Å². The van der Waals surface area contributed by atoms with Gasteiger partial charge in [0.25, 0.3) is 11.8 Å². The van der Waals surface area contributed by atoms with E-state index in [4.69, 9.17) is 9.47 Å². The number of amides is 2. The number of hydrogen-bond acceptors (Lipinski definition) is 7. The molecule has 1 fully saturated rings. The van der Waals surface area contributed by atoms with Gasteiger partial charge < -0.3 is 19.7 Å². The highest BCUT2D eigenvalue weighted by atomic mass is 19.1. The molecule has 0 aliphatic heterocycles. The summed E-state index contributed by atoms with van der Waals surface area (Å²) in [6.45, 7) is 0. The highest BCUT2D eigenvalue weighted by molar-refractivity contribution is 6.15. The Morgan fingerprint density at radius 1 is 1.02 bits per heavy atom. The highest BCUT2D eigenvalue weighted by Gasteiger charge is 2.56. The Hall–Kier alpha value is -4.93. The Balaban J connectivity index is 1.34. The number of fused-ring (bicyclic) bond motifs is 1. The van der Waals surface area contributed by atoms with Gasteiger partial charge in [-0.3, -0.25) is 19.4 Å². The van der Waals surface area contributed by atoms with Crippen LogP contribution >= 0.6 is 0 Å². The van der Waals surface area contributed by atoms with Crippen LogP contribution in [0, 0.1) is 17.0 Å². The van der Waals surface area contributed by atoms with Gasteiger partial charge in [0.15, 0.2) is 11.6 Å². The van der Waals surface area contributed by atoms with Crippen molar-refractivity contribution in [2.75, 3.05) is 26.1 Å². The summed E-state index contributed by atoms with van der Waals surface area (Å²) in [4.78, 5) is 48.4. The minimum absolute atomic E-state index is 0.194. The maximum absolute atomic E-state index is 15.1. The smallest absolute Gasteiger partial charge is 0.255 e. The number of ether oxygens (including phenoxy) is 2. The van der Waals surface area contributed by atoms with Crippen LogP contribution in [0.1, 0.15) is 28.8 Å². The first-order valence-electron chi connectivity index (χ1n) is 12.7. The van der Waals surface area contributed by atoms with E-state index in [0.29, 0.717) is 35.2 Å². The van der Waals surface area contributed by atoms with Crippen molar-refractivity contribution in [3.8, 4) is 17.4 Å². The molecular formula is C30H26F2N4O5. The number of nitrogens with one attached hydrogen (secondary N) is 1. The van der Waals surface area contributed by atoms with E-state index < -0.39 is 17.0 Å². The lowest BCUT2D eigenvalue weighted by atomic mass is 9.94. The van der Waals surface area contributed by atoms with Gasteiger partial charge in [0.2, 0.25) is 5.91 Å². The van der Waals surface area contributed by atoms with Crippen LogP contribution in [-0.4, -0.2) is 48.8 Å². The van der Waals surface area contributed by atoms with Crippen LogP contribution in [0.4, 0.5) is 14.5 Å². The molecule has 210 valence electrons. The van der Waals surface area contributed by atoms with Crippen LogP contribution in [-0.2, 0) is 16.0 Å². The molecule has 2 heterocycles. The normalized spacial score (nSPS) is 13.4. The topological polar surface area (TPSA) is 111 Å².